The first-order valence-corrected chi connectivity index (χ1v) is 9.49. The lowest BCUT2D eigenvalue weighted by Crippen LogP contribution is -2.42. The van der Waals surface area contributed by atoms with Crippen molar-refractivity contribution in [1.82, 2.24) is 4.31 Å². The Morgan fingerprint density at radius 3 is 2.43 bits per heavy atom. The van der Waals surface area contributed by atoms with Crippen LogP contribution in [-0.2, 0) is 10.0 Å². The van der Waals surface area contributed by atoms with E-state index < -0.39 is 10.0 Å². The minimum Gasteiger partial charge on any atom is -0.398 e. The van der Waals surface area contributed by atoms with E-state index >= 15 is 0 Å². The summed E-state index contributed by atoms with van der Waals surface area (Å²) in [5.41, 5.74) is 7.29. The van der Waals surface area contributed by atoms with Gasteiger partial charge in [-0.1, -0.05) is 20.3 Å². The number of nitrogen functional groups attached to an aromatic ring is 1. The Bertz CT molecular complexity index is 635. The zero-order valence-corrected chi connectivity index (χ0v) is 15.2. The van der Waals surface area contributed by atoms with E-state index in [-0.39, 0.29) is 5.41 Å². The second-order valence-electron chi connectivity index (χ2n) is 6.21. The van der Waals surface area contributed by atoms with Gasteiger partial charge in [0.15, 0.2) is 0 Å². The zero-order valence-electron chi connectivity index (χ0n) is 12.8. The molecule has 4 nitrogen and oxygen atoms in total. The largest absolute Gasteiger partial charge is 0.398 e. The summed E-state index contributed by atoms with van der Waals surface area (Å²) < 4.78 is 28.0. The average molecular weight is 375 g/mol. The highest BCUT2D eigenvalue weighted by Crippen LogP contribution is 2.37. The Balaban J connectivity index is 2.30. The van der Waals surface area contributed by atoms with E-state index in [0.717, 1.165) is 29.3 Å². The van der Waals surface area contributed by atoms with Gasteiger partial charge in [-0.15, -0.1) is 0 Å². The topological polar surface area (TPSA) is 63.4 Å². The summed E-state index contributed by atoms with van der Waals surface area (Å²) in [7, 11) is -3.46. The fourth-order valence-electron chi connectivity index (χ4n) is 2.71. The van der Waals surface area contributed by atoms with Gasteiger partial charge in [0, 0.05) is 23.2 Å². The Morgan fingerprint density at radius 2 is 1.90 bits per heavy atom. The molecular weight excluding hydrogens is 352 g/mol. The maximum Gasteiger partial charge on any atom is 0.243 e. The predicted molar refractivity (Wildman–Crippen MR) is 89.7 cm³/mol. The quantitative estimate of drug-likeness (QED) is 0.822. The number of nitrogens with zero attached hydrogens (tertiary/aromatic N) is 1. The van der Waals surface area contributed by atoms with Crippen molar-refractivity contribution in [3.63, 3.8) is 0 Å². The SMILES string of the molecule is CCC1(C)CCN(S(=O)(=O)c2cc(N)c(Br)cc2C)CC1. The monoisotopic (exact) mass is 374 g/mol. The number of aryl methyl sites for hydroxylation is 1. The van der Waals surface area contributed by atoms with E-state index in [4.69, 9.17) is 5.73 Å². The number of hydrogen-bond acceptors (Lipinski definition) is 3. The molecule has 1 fully saturated rings. The fourth-order valence-corrected chi connectivity index (χ4v) is 4.85. The van der Waals surface area contributed by atoms with E-state index in [1.165, 1.54) is 0 Å². The smallest absolute Gasteiger partial charge is 0.243 e. The number of benzene rings is 1. The first kappa shape index (κ1) is 16.8. The number of anilines is 1. The molecule has 1 saturated heterocycles. The number of nitrogens with two attached hydrogens (primary N) is 1. The minimum absolute atomic E-state index is 0.264. The summed E-state index contributed by atoms with van der Waals surface area (Å²) in [6, 6.07) is 3.32. The maximum atomic E-state index is 12.8. The molecule has 0 atom stereocenters. The summed E-state index contributed by atoms with van der Waals surface area (Å²) in [4.78, 5) is 0.323. The van der Waals surface area contributed by atoms with Gasteiger partial charge in [0.25, 0.3) is 0 Å². The van der Waals surface area contributed by atoms with Crippen LogP contribution in [0.1, 0.15) is 38.7 Å². The molecule has 0 bridgehead atoms. The Morgan fingerprint density at radius 1 is 1.33 bits per heavy atom. The molecule has 1 aliphatic heterocycles. The van der Waals surface area contributed by atoms with E-state index in [0.29, 0.717) is 23.7 Å². The third-order valence-electron chi connectivity index (χ3n) is 4.70. The first-order chi connectivity index (χ1) is 9.69. The van der Waals surface area contributed by atoms with Crippen molar-refractivity contribution in [3.8, 4) is 0 Å². The van der Waals surface area contributed by atoms with Crippen molar-refractivity contribution in [2.75, 3.05) is 18.8 Å². The Kier molecular flexibility index (Phi) is 4.71. The summed E-state index contributed by atoms with van der Waals surface area (Å²) in [5, 5.41) is 0. The van der Waals surface area contributed by atoms with Gasteiger partial charge in [-0.05, 0) is 58.8 Å². The molecule has 0 aliphatic carbocycles. The summed E-state index contributed by atoms with van der Waals surface area (Å²) in [6.07, 6.45) is 2.91. The van der Waals surface area contributed by atoms with Gasteiger partial charge in [0.1, 0.15) is 0 Å². The van der Waals surface area contributed by atoms with Gasteiger partial charge < -0.3 is 5.73 Å². The highest BCUT2D eigenvalue weighted by atomic mass is 79.9. The van der Waals surface area contributed by atoms with Crippen molar-refractivity contribution < 1.29 is 8.42 Å². The molecule has 1 aromatic rings. The van der Waals surface area contributed by atoms with Crippen LogP contribution >= 0.6 is 15.9 Å². The van der Waals surface area contributed by atoms with Crippen molar-refractivity contribution in [1.29, 1.82) is 0 Å². The predicted octanol–water partition coefficient (Wildman–Crippen LogP) is 3.54. The molecule has 0 aromatic heterocycles. The molecule has 2 rings (SSSR count). The molecule has 0 saturated carbocycles. The molecule has 0 radical (unpaired) electrons. The van der Waals surface area contributed by atoms with Crippen LogP contribution in [0.15, 0.2) is 21.5 Å². The lowest BCUT2D eigenvalue weighted by atomic mass is 9.79. The first-order valence-electron chi connectivity index (χ1n) is 7.25. The van der Waals surface area contributed by atoms with Crippen LogP contribution in [0.2, 0.25) is 0 Å². The molecular formula is C15H23BrN2O2S. The van der Waals surface area contributed by atoms with Crippen LogP contribution in [0.3, 0.4) is 0 Å². The molecule has 1 heterocycles. The van der Waals surface area contributed by atoms with Gasteiger partial charge in [-0.2, -0.15) is 4.31 Å². The molecule has 1 aromatic carbocycles. The highest BCUT2D eigenvalue weighted by Gasteiger charge is 2.35. The second kappa shape index (κ2) is 5.89. The van der Waals surface area contributed by atoms with Gasteiger partial charge in [0.2, 0.25) is 10.0 Å². The van der Waals surface area contributed by atoms with E-state index in [2.05, 4.69) is 29.8 Å². The molecule has 0 spiro atoms. The molecule has 0 unspecified atom stereocenters. The maximum absolute atomic E-state index is 12.8. The van der Waals surface area contributed by atoms with Gasteiger partial charge in [-0.25, -0.2) is 8.42 Å². The molecule has 0 amide bonds. The highest BCUT2D eigenvalue weighted by molar-refractivity contribution is 9.10. The van der Waals surface area contributed by atoms with Gasteiger partial charge >= 0.3 is 0 Å². The standard InChI is InChI=1S/C15H23BrN2O2S/c1-4-15(3)5-7-18(8-6-15)21(19,20)14-10-13(17)12(16)9-11(14)2/h9-10H,4-8,17H2,1-3H3. The third-order valence-corrected chi connectivity index (χ3v) is 7.42. The van der Waals surface area contributed by atoms with Crippen LogP contribution in [0.4, 0.5) is 5.69 Å². The molecule has 2 N–H and O–H groups in total. The Labute approximate surface area is 135 Å². The lowest BCUT2D eigenvalue weighted by Gasteiger charge is -2.38. The minimum atomic E-state index is -3.46. The van der Waals surface area contributed by atoms with E-state index in [9.17, 15) is 8.42 Å². The van der Waals surface area contributed by atoms with Crippen LogP contribution in [-0.4, -0.2) is 25.8 Å². The second-order valence-corrected chi connectivity index (χ2v) is 8.97. The molecule has 21 heavy (non-hydrogen) atoms. The normalized spacial score (nSPS) is 19.6. The summed E-state index contributed by atoms with van der Waals surface area (Å²) >= 11 is 3.33. The molecule has 1 aliphatic rings. The number of rotatable bonds is 3. The van der Waals surface area contributed by atoms with Crippen molar-refractivity contribution in [3.05, 3.63) is 22.2 Å². The molecule has 6 heteroatoms. The summed E-state index contributed by atoms with van der Waals surface area (Å²) in [6.45, 7) is 7.38. The molecule has 118 valence electrons. The fraction of sp³-hybridized carbons (Fsp3) is 0.600. The lowest BCUT2D eigenvalue weighted by molar-refractivity contribution is 0.169. The zero-order chi connectivity index (χ0) is 15.8. The third kappa shape index (κ3) is 3.27. The number of sulfonamides is 1. The van der Waals surface area contributed by atoms with E-state index in [1.807, 2.05) is 0 Å². The van der Waals surface area contributed by atoms with Crippen LogP contribution < -0.4 is 5.73 Å². The van der Waals surface area contributed by atoms with Crippen LogP contribution in [0, 0.1) is 12.3 Å². The van der Waals surface area contributed by atoms with E-state index in [1.54, 1.807) is 23.4 Å². The van der Waals surface area contributed by atoms with Crippen molar-refractivity contribution in [2.45, 2.75) is 44.9 Å². The number of halogens is 1. The average Bonchev–Trinajstić information content (AvgIpc) is 2.43. The van der Waals surface area contributed by atoms with Crippen LogP contribution in [0.25, 0.3) is 0 Å². The van der Waals surface area contributed by atoms with Crippen molar-refractivity contribution in [2.24, 2.45) is 5.41 Å². The van der Waals surface area contributed by atoms with Gasteiger partial charge in [-0.3, -0.25) is 0 Å². The Hall–Kier alpha value is -0.590. The summed E-state index contributed by atoms with van der Waals surface area (Å²) in [5.74, 6) is 0. The van der Waals surface area contributed by atoms with Crippen LogP contribution in [0.5, 0.6) is 0 Å². The number of piperidine rings is 1. The van der Waals surface area contributed by atoms with Crippen molar-refractivity contribution >= 4 is 31.6 Å². The van der Waals surface area contributed by atoms with Gasteiger partial charge in [0.05, 0.1) is 4.90 Å². The number of hydrogen-bond donors (Lipinski definition) is 1.